The van der Waals surface area contributed by atoms with E-state index in [1.165, 1.54) is 11.8 Å². The monoisotopic (exact) mass is 537 g/mol. The van der Waals surface area contributed by atoms with Gasteiger partial charge in [0.25, 0.3) is 0 Å². The quantitative estimate of drug-likeness (QED) is 0.422. The molecular weight excluding hydrogens is 514 g/mol. The van der Waals surface area contributed by atoms with Gasteiger partial charge in [-0.2, -0.15) is 0 Å². The predicted molar refractivity (Wildman–Crippen MR) is 141 cm³/mol. The second kappa shape index (κ2) is 11.4. The van der Waals surface area contributed by atoms with Crippen LogP contribution in [0.1, 0.15) is 12.0 Å². The Morgan fingerprint density at radius 3 is 2.59 bits per heavy atom. The lowest BCUT2D eigenvalue weighted by atomic mass is 10.1. The number of benzene rings is 3. The van der Waals surface area contributed by atoms with Crippen LogP contribution in [0, 0.1) is 0 Å². The molecular formula is C26H24BrN3O3S. The molecule has 4 rings (SSSR count). The predicted octanol–water partition coefficient (Wildman–Crippen LogP) is 5.66. The number of halogens is 1. The summed E-state index contributed by atoms with van der Waals surface area (Å²) in [4.78, 5) is 32.6. The molecule has 1 N–H and O–H groups in total. The van der Waals surface area contributed by atoms with Crippen molar-refractivity contribution in [3.63, 3.8) is 0 Å². The van der Waals surface area contributed by atoms with E-state index in [-0.39, 0.29) is 18.2 Å². The number of anilines is 1. The van der Waals surface area contributed by atoms with Crippen LogP contribution in [0.5, 0.6) is 5.75 Å². The van der Waals surface area contributed by atoms with Gasteiger partial charge < -0.3 is 10.1 Å². The standard InChI is InChI=1S/C26H24BrN3O3S/c1-33-22-12-10-20(11-13-22)29-26-30(15-14-18-6-3-2-4-7-18)24(31)17-23(34-26)25(32)28-21-9-5-8-19(27)16-21/h2-13,16,23H,14-15,17H2,1H3,(H,28,32). The van der Waals surface area contributed by atoms with Crippen LogP contribution in [0.2, 0.25) is 0 Å². The zero-order chi connectivity index (χ0) is 23.9. The molecule has 1 saturated heterocycles. The van der Waals surface area contributed by atoms with Gasteiger partial charge in [-0.25, -0.2) is 4.99 Å². The fraction of sp³-hybridized carbons (Fsp3) is 0.192. The Morgan fingerprint density at radius 1 is 1.12 bits per heavy atom. The van der Waals surface area contributed by atoms with Crippen molar-refractivity contribution in [2.45, 2.75) is 18.1 Å². The number of hydrogen-bond donors (Lipinski definition) is 1. The summed E-state index contributed by atoms with van der Waals surface area (Å²) in [6.07, 6.45) is 0.810. The van der Waals surface area contributed by atoms with Gasteiger partial charge in [0.2, 0.25) is 11.8 Å². The van der Waals surface area contributed by atoms with E-state index in [2.05, 4.69) is 21.2 Å². The molecule has 3 aromatic rings. The van der Waals surface area contributed by atoms with Gasteiger partial charge >= 0.3 is 0 Å². The molecule has 6 nitrogen and oxygen atoms in total. The van der Waals surface area contributed by atoms with E-state index in [9.17, 15) is 9.59 Å². The number of aliphatic imine (C=N–C) groups is 1. The van der Waals surface area contributed by atoms with Crippen LogP contribution in [0.15, 0.2) is 88.3 Å². The SMILES string of the molecule is COc1ccc(N=C2SC(C(=O)Nc3cccc(Br)c3)CC(=O)N2CCc2ccccc2)cc1. The number of thioether (sulfide) groups is 1. The van der Waals surface area contributed by atoms with Crippen molar-refractivity contribution in [2.75, 3.05) is 19.0 Å². The molecule has 1 heterocycles. The van der Waals surface area contributed by atoms with E-state index in [0.717, 1.165) is 15.8 Å². The van der Waals surface area contributed by atoms with E-state index in [1.54, 1.807) is 12.0 Å². The highest BCUT2D eigenvalue weighted by molar-refractivity contribution is 9.10. The molecule has 1 atom stereocenters. The van der Waals surface area contributed by atoms with Crippen molar-refractivity contribution in [1.82, 2.24) is 4.90 Å². The van der Waals surface area contributed by atoms with Crippen LogP contribution >= 0.6 is 27.7 Å². The van der Waals surface area contributed by atoms with Crippen LogP contribution in [-0.2, 0) is 16.0 Å². The number of amides is 2. The Morgan fingerprint density at radius 2 is 1.88 bits per heavy atom. The molecule has 0 radical (unpaired) electrons. The Kier molecular flexibility index (Phi) is 8.03. The Balaban J connectivity index is 1.55. The van der Waals surface area contributed by atoms with Gasteiger partial charge in [-0.1, -0.05) is 64.1 Å². The van der Waals surface area contributed by atoms with Crippen LogP contribution in [0.4, 0.5) is 11.4 Å². The lowest BCUT2D eigenvalue weighted by molar-refractivity contribution is -0.129. The molecule has 0 aromatic heterocycles. The maximum Gasteiger partial charge on any atom is 0.238 e. The number of methoxy groups -OCH3 is 1. The lowest BCUT2D eigenvalue weighted by Gasteiger charge is -2.32. The molecule has 0 spiro atoms. The first-order chi connectivity index (χ1) is 16.5. The number of amidine groups is 1. The van der Waals surface area contributed by atoms with Crippen molar-refractivity contribution in [2.24, 2.45) is 4.99 Å². The van der Waals surface area contributed by atoms with Crippen molar-refractivity contribution in [3.8, 4) is 5.75 Å². The van der Waals surface area contributed by atoms with Gasteiger partial charge in [-0.15, -0.1) is 0 Å². The summed E-state index contributed by atoms with van der Waals surface area (Å²) in [5.74, 6) is 0.390. The summed E-state index contributed by atoms with van der Waals surface area (Å²) >= 11 is 4.73. The van der Waals surface area contributed by atoms with Gasteiger partial charge in [-0.05, 0) is 54.4 Å². The third kappa shape index (κ3) is 6.27. The van der Waals surface area contributed by atoms with Crippen LogP contribution in [0.3, 0.4) is 0 Å². The van der Waals surface area contributed by atoms with Gasteiger partial charge in [0.05, 0.1) is 12.8 Å². The highest BCUT2D eigenvalue weighted by Gasteiger charge is 2.35. The molecule has 3 aromatic carbocycles. The minimum absolute atomic E-state index is 0.112. The number of nitrogens with zero attached hydrogens (tertiary/aromatic N) is 2. The smallest absolute Gasteiger partial charge is 0.238 e. The highest BCUT2D eigenvalue weighted by Crippen LogP contribution is 2.31. The van der Waals surface area contributed by atoms with E-state index >= 15 is 0 Å². The second-order valence-electron chi connectivity index (χ2n) is 7.68. The van der Waals surface area contributed by atoms with Crippen molar-refractivity contribution in [3.05, 3.63) is 88.9 Å². The van der Waals surface area contributed by atoms with E-state index in [1.807, 2.05) is 78.9 Å². The number of carbonyl (C=O) groups is 2. The number of nitrogens with one attached hydrogen (secondary N) is 1. The maximum absolute atomic E-state index is 13.2. The molecule has 174 valence electrons. The van der Waals surface area contributed by atoms with Gasteiger partial charge in [0.1, 0.15) is 11.0 Å². The summed E-state index contributed by atoms with van der Waals surface area (Å²) in [6, 6.07) is 24.7. The minimum atomic E-state index is -0.573. The summed E-state index contributed by atoms with van der Waals surface area (Å²) in [7, 11) is 1.61. The number of carbonyl (C=O) groups excluding carboxylic acids is 2. The van der Waals surface area contributed by atoms with E-state index < -0.39 is 5.25 Å². The number of rotatable bonds is 7. The largest absolute Gasteiger partial charge is 0.497 e. The fourth-order valence-electron chi connectivity index (χ4n) is 3.50. The molecule has 1 aliphatic heterocycles. The molecule has 0 saturated carbocycles. The van der Waals surface area contributed by atoms with Gasteiger partial charge in [-0.3, -0.25) is 14.5 Å². The first-order valence-electron chi connectivity index (χ1n) is 10.8. The number of hydrogen-bond acceptors (Lipinski definition) is 5. The van der Waals surface area contributed by atoms with Crippen LogP contribution < -0.4 is 10.1 Å². The molecule has 1 fully saturated rings. The van der Waals surface area contributed by atoms with E-state index in [4.69, 9.17) is 9.73 Å². The molecule has 1 unspecified atom stereocenters. The molecule has 1 aliphatic rings. The number of ether oxygens (including phenoxy) is 1. The Labute approximate surface area is 211 Å². The summed E-state index contributed by atoms with van der Waals surface area (Å²) in [5.41, 5.74) is 2.50. The normalized spacial score (nSPS) is 17.0. The first-order valence-corrected chi connectivity index (χ1v) is 12.5. The Hall–Kier alpha value is -3.10. The third-order valence-corrected chi connectivity index (χ3v) is 6.97. The van der Waals surface area contributed by atoms with Gasteiger partial charge in [0.15, 0.2) is 5.17 Å². The second-order valence-corrected chi connectivity index (χ2v) is 9.77. The average molecular weight is 538 g/mol. The maximum atomic E-state index is 13.2. The first kappa shape index (κ1) is 24.0. The molecule has 0 bridgehead atoms. The molecule has 8 heteroatoms. The third-order valence-electron chi connectivity index (χ3n) is 5.29. The summed E-state index contributed by atoms with van der Waals surface area (Å²) < 4.78 is 6.09. The fourth-order valence-corrected chi connectivity index (χ4v) is 5.03. The molecule has 2 amide bonds. The van der Waals surface area contributed by atoms with Crippen LogP contribution in [0.25, 0.3) is 0 Å². The van der Waals surface area contributed by atoms with Crippen molar-refractivity contribution in [1.29, 1.82) is 0 Å². The molecule has 0 aliphatic carbocycles. The average Bonchev–Trinajstić information content (AvgIpc) is 2.84. The topological polar surface area (TPSA) is 71.0 Å². The zero-order valence-electron chi connectivity index (χ0n) is 18.6. The summed E-state index contributed by atoms with van der Waals surface area (Å²) in [5, 5.41) is 2.86. The van der Waals surface area contributed by atoms with Crippen LogP contribution in [-0.4, -0.2) is 40.8 Å². The minimum Gasteiger partial charge on any atom is -0.497 e. The van der Waals surface area contributed by atoms with E-state index in [0.29, 0.717) is 29.5 Å². The highest BCUT2D eigenvalue weighted by atomic mass is 79.9. The van der Waals surface area contributed by atoms with Crippen molar-refractivity contribution < 1.29 is 14.3 Å². The van der Waals surface area contributed by atoms with Crippen molar-refractivity contribution >= 4 is 56.0 Å². The lowest BCUT2D eigenvalue weighted by Crippen LogP contribution is -2.46. The molecule has 34 heavy (non-hydrogen) atoms. The summed E-state index contributed by atoms with van der Waals surface area (Å²) in [6.45, 7) is 0.491. The zero-order valence-corrected chi connectivity index (χ0v) is 21.0. The van der Waals surface area contributed by atoms with Gasteiger partial charge in [0, 0.05) is 23.1 Å². The Bertz CT molecular complexity index is 1190.